The number of aromatic nitrogens is 2. The van der Waals surface area contributed by atoms with Crippen molar-refractivity contribution < 1.29 is 8.42 Å². The van der Waals surface area contributed by atoms with Gasteiger partial charge in [0, 0.05) is 37.4 Å². The van der Waals surface area contributed by atoms with Gasteiger partial charge in [0.25, 0.3) is 0 Å². The van der Waals surface area contributed by atoms with Crippen molar-refractivity contribution in [1.82, 2.24) is 14.7 Å². The summed E-state index contributed by atoms with van der Waals surface area (Å²) in [4.78, 5) is 8.04. The number of anilines is 1. The van der Waals surface area contributed by atoms with Crippen molar-refractivity contribution in [3.8, 4) is 0 Å². The van der Waals surface area contributed by atoms with Crippen LogP contribution in [-0.4, -0.2) is 24.9 Å². The van der Waals surface area contributed by atoms with E-state index in [4.69, 9.17) is 0 Å². The van der Waals surface area contributed by atoms with Gasteiger partial charge in [0.1, 0.15) is 4.90 Å². The Bertz CT molecular complexity index is 689. The standard InChI is InChI=1S/C14H18N4O2S/c1-3-17-13-6-8-16-10-14(13)21(19,20)18-11(2)12-5-4-7-15-9-12/h4-11,18H,3H2,1-2H3,(H,16,17). The van der Waals surface area contributed by atoms with Crippen LogP contribution in [0.4, 0.5) is 5.69 Å². The van der Waals surface area contributed by atoms with E-state index in [0.29, 0.717) is 12.2 Å². The van der Waals surface area contributed by atoms with Gasteiger partial charge in [-0.2, -0.15) is 0 Å². The highest BCUT2D eigenvalue weighted by Crippen LogP contribution is 2.22. The molecule has 21 heavy (non-hydrogen) atoms. The minimum Gasteiger partial charge on any atom is -0.384 e. The van der Waals surface area contributed by atoms with E-state index in [1.54, 1.807) is 37.6 Å². The lowest BCUT2D eigenvalue weighted by molar-refractivity contribution is 0.566. The fraction of sp³-hybridized carbons (Fsp3) is 0.286. The molecule has 1 atom stereocenters. The van der Waals surface area contributed by atoms with Gasteiger partial charge in [0.15, 0.2) is 0 Å². The highest BCUT2D eigenvalue weighted by atomic mass is 32.2. The molecule has 0 saturated carbocycles. The summed E-state index contributed by atoms with van der Waals surface area (Å²) in [6.45, 7) is 4.31. The van der Waals surface area contributed by atoms with E-state index in [2.05, 4.69) is 20.0 Å². The van der Waals surface area contributed by atoms with Crippen LogP contribution in [-0.2, 0) is 10.0 Å². The lowest BCUT2D eigenvalue weighted by Gasteiger charge is -2.16. The van der Waals surface area contributed by atoms with Gasteiger partial charge in [-0.3, -0.25) is 9.97 Å². The lowest BCUT2D eigenvalue weighted by Crippen LogP contribution is -2.27. The first-order chi connectivity index (χ1) is 10.0. The molecule has 0 aliphatic heterocycles. The fourth-order valence-electron chi connectivity index (χ4n) is 1.93. The van der Waals surface area contributed by atoms with Crippen molar-refractivity contribution in [2.45, 2.75) is 24.8 Å². The van der Waals surface area contributed by atoms with Crippen molar-refractivity contribution in [3.05, 3.63) is 48.5 Å². The molecule has 2 N–H and O–H groups in total. The first kappa shape index (κ1) is 15.4. The van der Waals surface area contributed by atoms with E-state index in [9.17, 15) is 8.42 Å². The van der Waals surface area contributed by atoms with Crippen LogP contribution in [0.5, 0.6) is 0 Å². The molecule has 0 aromatic carbocycles. The van der Waals surface area contributed by atoms with Gasteiger partial charge in [0.05, 0.1) is 5.69 Å². The molecule has 2 aromatic heterocycles. The monoisotopic (exact) mass is 306 g/mol. The Labute approximate surface area is 124 Å². The minimum atomic E-state index is -3.66. The van der Waals surface area contributed by atoms with E-state index in [-0.39, 0.29) is 10.9 Å². The largest absolute Gasteiger partial charge is 0.384 e. The Kier molecular flexibility index (Phi) is 4.87. The number of sulfonamides is 1. The van der Waals surface area contributed by atoms with Gasteiger partial charge in [0.2, 0.25) is 10.0 Å². The molecule has 7 heteroatoms. The van der Waals surface area contributed by atoms with Crippen molar-refractivity contribution in [3.63, 3.8) is 0 Å². The second-order valence-electron chi connectivity index (χ2n) is 4.53. The smallest absolute Gasteiger partial charge is 0.244 e. The number of hydrogen-bond acceptors (Lipinski definition) is 5. The van der Waals surface area contributed by atoms with Crippen molar-refractivity contribution in [1.29, 1.82) is 0 Å². The minimum absolute atomic E-state index is 0.141. The molecule has 2 heterocycles. The number of nitrogens with zero attached hydrogens (tertiary/aromatic N) is 2. The number of hydrogen-bond donors (Lipinski definition) is 2. The van der Waals surface area contributed by atoms with Crippen molar-refractivity contribution in [2.24, 2.45) is 0 Å². The summed E-state index contributed by atoms with van der Waals surface area (Å²) < 4.78 is 27.6. The summed E-state index contributed by atoms with van der Waals surface area (Å²) >= 11 is 0. The van der Waals surface area contributed by atoms with Crippen LogP contribution in [0.3, 0.4) is 0 Å². The van der Waals surface area contributed by atoms with Gasteiger partial charge in [-0.25, -0.2) is 13.1 Å². The normalized spacial score (nSPS) is 12.9. The predicted molar refractivity (Wildman–Crippen MR) is 81.4 cm³/mol. The molecule has 0 radical (unpaired) electrons. The average Bonchev–Trinajstić information content (AvgIpc) is 2.48. The maximum absolute atomic E-state index is 12.5. The number of rotatable bonds is 6. The Hall–Kier alpha value is -1.99. The van der Waals surface area contributed by atoms with Crippen LogP contribution in [0.15, 0.2) is 47.9 Å². The van der Waals surface area contributed by atoms with Crippen molar-refractivity contribution in [2.75, 3.05) is 11.9 Å². The summed E-state index contributed by atoms with van der Waals surface area (Å²) in [6.07, 6.45) is 6.19. The van der Waals surface area contributed by atoms with E-state index in [1.807, 2.05) is 13.0 Å². The van der Waals surface area contributed by atoms with Gasteiger partial charge >= 0.3 is 0 Å². The molecule has 0 saturated heterocycles. The molecule has 0 aliphatic carbocycles. The highest BCUT2D eigenvalue weighted by Gasteiger charge is 2.21. The maximum atomic E-state index is 12.5. The third-order valence-corrected chi connectivity index (χ3v) is 4.53. The van der Waals surface area contributed by atoms with Crippen molar-refractivity contribution >= 4 is 15.7 Å². The Morgan fingerprint density at radius 3 is 2.62 bits per heavy atom. The Morgan fingerprint density at radius 1 is 1.19 bits per heavy atom. The zero-order valence-corrected chi connectivity index (χ0v) is 12.8. The molecule has 6 nitrogen and oxygen atoms in total. The maximum Gasteiger partial charge on any atom is 0.244 e. The second kappa shape index (κ2) is 6.64. The summed E-state index contributed by atoms with van der Waals surface area (Å²) in [7, 11) is -3.66. The topological polar surface area (TPSA) is 84.0 Å². The second-order valence-corrected chi connectivity index (χ2v) is 6.21. The average molecular weight is 306 g/mol. The summed E-state index contributed by atoms with van der Waals surface area (Å²) in [6, 6.07) is 4.87. The van der Waals surface area contributed by atoms with Crippen LogP contribution < -0.4 is 10.0 Å². The summed E-state index contributed by atoms with van der Waals surface area (Å²) in [5.41, 5.74) is 1.34. The van der Waals surface area contributed by atoms with Crippen LogP contribution >= 0.6 is 0 Å². The molecule has 2 aromatic rings. The Morgan fingerprint density at radius 2 is 1.95 bits per heavy atom. The van der Waals surface area contributed by atoms with Gasteiger partial charge < -0.3 is 5.32 Å². The van der Waals surface area contributed by atoms with Crippen LogP contribution in [0, 0.1) is 0 Å². The third-order valence-electron chi connectivity index (χ3n) is 2.96. The third kappa shape index (κ3) is 3.77. The molecule has 0 fully saturated rings. The van der Waals surface area contributed by atoms with E-state index in [1.165, 1.54) is 6.20 Å². The van der Waals surface area contributed by atoms with E-state index < -0.39 is 10.0 Å². The summed E-state index contributed by atoms with van der Waals surface area (Å²) in [5, 5.41) is 3.02. The molecule has 0 spiro atoms. The molecule has 0 aliphatic rings. The molecule has 2 rings (SSSR count). The quantitative estimate of drug-likeness (QED) is 0.852. The molecule has 1 unspecified atom stereocenters. The number of nitrogens with one attached hydrogen (secondary N) is 2. The van der Waals surface area contributed by atoms with Crippen LogP contribution in [0.1, 0.15) is 25.5 Å². The first-order valence-electron chi connectivity index (χ1n) is 6.64. The van der Waals surface area contributed by atoms with Gasteiger partial charge in [-0.05, 0) is 31.5 Å². The predicted octanol–water partition coefficient (Wildman–Crippen LogP) is 1.95. The zero-order valence-electron chi connectivity index (χ0n) is 11.9. The molecule has 0 amide bonds. The van der Waals surface area contributed by atoms with Gasteiger partial charge in [-0.1, -0.05) is 6.07 Å². The fourth-order valence-corrected chi connectivity index (χ4v) is 3.28. The first-order valence-corrected chi connectivity index (χ1v) is 8.13. The van der Waals surface area contributed by atoms with Crippen LogP contribution in [0.25, 0.3) is 0 Å². The zero-order chi connectivity index (χ0) is 15.3. The Balaban J connectivity index is 2.27. The van der Waals surface area contributed by atoms with E-state index >= 15 is 0 Å². The molecular weight excluding hydrogens is 288 g/mol. The molecular formula is C14H18N4O2S. The lowest BCUT2D eigenvalue weighted by atomic mass is 10.2. The molecule has 112 valence electrons. The number of pyridine rings is 2. The highest BCUT2D eigenvalue weighted by molar-refractivity contribution is 7.89. The summed E-state index contributed by atoms with van der Waals surface area (Å²) in [5.74, 6) is 0. The SMILES string of the molecule is CCNc1ccncc1S(=O)(=O)NC(C)c1cccnc1. The van der Waals surface area contributed by atoms with E-state index in [0.717, 1.165) is 5.56 Å². The van der Waals surface area contributed by atoms with Gasteiger partial charge in [-0.15, -0.1) is 0 Å². The molecule has 0 bridgehead atoms. The van der Waals surface area contributed by atoms with Crippen LogP contribution in [0.2, 0.25) is 0 Å².